The molecule has 0 spiro atoms. The van der Waals surface area contributed by atoms with Crippen molar-refractivity contribution in [1.29, 1.82) is 0 Å². The first kappa shape index (κ1) is 25.3. The Morgan fingerprint density at radius 2 is 1.68 bits per heavy atom. The molecule has 8 nitrogen and oxygen atoms in total. The molecule has 0 aliphatic heterocycles. The highest BCUT2D eigenvalue weighted by molar-refractivity contribution is 7.99. The average molecular weight is 531 g/mol. The SMILES string of the molecule is COc1ccc(Cn2c(=O)c3c(O)c(Sc4cccc(OC)c4)c(=O)oc3c3ccc(N(C)C)cc32)cc1. The van der Waals surface area contributed by atoms with Gasteiger partial charge in [0.15, 0.2) is 11.3 Å². The largest absolute Gasteiger partial charge is 0.505 e. The summed E-state index contributed by atoms with van der Waals surface area (Å²) < 4.78 is 17.8. The van der Waals surface area contributed by atoms with Crippen molar-refractivity contribution in [2.45, 2.75) is 16.3 Å². The van der Waals surface area contributed by atoms with E-state index in [-0.39, 0.29) is 22.4 Å². The summed E-state index contributed by atoms with van der Waals surface area (Å²) >= 11 is 1.01. The van der Waals surface area contributed by atoms with Crippen molar-refractivity contribution in [2.75, 3.05) is 33.2 Å². The van der Waals surface area contributed by atoms with E-state index in [1.165, 1.54) is 0 Å². The molecule has 5 aromatic rings. The third kappa shape index (κ3) is 4.56. The van der Waals surface area contributed by atoms with Crippen LogP contribution in [0.3, 0.4) is 0 Å². The fourth-order valence-electron chi connectivity index (χ4n) is 4.30. The molecule has 0 unspecified atom stereocenters. The van der Waals surface area contributed by atoms with Crippen LogP contribution in [0.15, 0.2) is 90.5 Å². The Hall–Kier alpha value is -4.37. The zero-order chi connectivity index (χ0) is 27.0. The lowest BCUT2D eigenvalue weighted by molar-refractivity contribution is 0.413. The molecule has 3 aromatic carbocycles. The molecule has 1 N–H and O–H groups in total. The number of hydrogen-bond acceptors (Lipinski definition) is 8. The van der Waals surface area contributed by atoms with Gasteiger partial charge in [-0.3, -0.25) is 4.79 Å². The molecule has 2 aromatic heterocycles. The number of hydrogen-bond donors (Lipinski definition) is 1. The summed E-state index contributed by atoms with van der Waals surface area (Å²) in [5.41, 5.74) is 1.18. The van der Waals surface area contributed by atoms with E-state index < -0.39 is 16.9 Å². The number of methoxy groups -OCH3 is 2. The van der Waals surface area contributed by atoms with Crippen LogP contribution in [0.5, 0.6) is 17.2 Å². The highest BCUT2D eigenvalue weighted by atomic mass is 32.2. The second-order valence-electron chi connectivity index (χ2n) is 8.89. The van der Waals surface area contributed by atoms with Gasteiger partial charge >= 0.3 is 5.63 Å². The highest BCUT2D eigenvalue weighted by Crippen LogP contribution is 2.38. The molecule has 0 aliphatic carbocycles. The summed E-state index contributed by atoms with van der Waals surface area (Å²) in [6, 6.07) is 20.0. The van der Waals surface area contributed by atoms with Crippen molar-refractivity contribution in [2.24, 2.45) is 0 Å². The molecule has 194 valence electrons. The molecule has 0 atom stereocenters. The molecular formula is C29H26N2O6S. The summed E-state index contributed by atoms with van der Waals surface area (Å²) in [7, 11) is 6.95. The van der Waals surface area contributed by atoms with Crippen molar-refractivity contribution in [3.8, 4) is 17.2 Å². The van der Waals surface area contributed by atoms with Gasteiger partial charge in [0.25, 0.3) is 5.56 Å². The molecule has 2 heterocycles. The van der Waals surface area contributed by atoms with Crippen LogP contribution >= 0.6 is 11.8 Å². The minimum absolute atomic E-state index is 0.0476. The number of pyridine rings is 1. The Bertz CT molecular complexity index is 1770. The van der Waals surface area contributed by atoms with E-state index in [0.29, 0.717) is 27.3 Å². The van der Waals surface area contributed by atoms with Crippen molar-refractivity contribution in [1.82, 2.24) is 4.57 Å². The number of benzene rings is 3. The zero-order valence-electron chi connectivity index (χ0n) is 21.3. The van der Waals surface area contributed by atoms with Crippen LogP contribution in [0.25, 0.3) is 21.9 Å². The molecule has 0 saturated heterocycles. The number of aromatic nitrogens is 1. The topological polar surface area (TPSA) is 94.1 Å². The zero-order valence-corrected chi connectivity index (χ0v) is 22.2. The van der Waals surface area contributed by atoms with Gasteiger partial charge in [0.05, 0.1) is 26.3 Å². The lowest BCUT2D eigenvalue weighted by atomic mass is 10.1. The number of aromatic hydroxyl groups is 1. The smallest absolute Gasteiger partial charge is 0.354 e. The first-order chi connectivity index (χ1) is 18.3. The van der Waals surface area contributed by atoms with Crippen LogP contribution < -0.4 is 25.6 Å². The second-order valence-corrected chi connectivity index (χ2v) is 9.97. The molecule has 0 bridgehead atoms. The first-order valence-corrected chi connectivity index (χ1v) is 12.6. The fourth-order valence-corrected chi connectivity index (χ4v) is 5.18. The third-order valence-electron chi connectivity index (χ3n) is 6.31. The number of ether oxygens (including phenoxy) is 2. The summed E-state index contributed by atoms with van der Waals surface area (Å²) in [6.45, 7) is 0.239. The van der Waals surface area contributed by atoms with E-state index >= 15 is 0 Å². The van der Waals surface area contributed by atoms with E-state index in [0.717, 1.165) is 23.0 Å². The maximum Gasteiger partial charge on any atom is 0.354 e. The van der Waals surface area contributed by atoms with Gasteiger partial charge in [-0.05, 0) is 54.1 Å². The second kappa shape index (κ2) is 10.2. The molecule has 0 aliphatic rings. The summed E-state index contributed by atoms with van der Waals surface area (Å²) in [5.74, 6) is 0.901. The van der Waals surface area contributed by atoms with Gasteiger partial charge in [0.1, 0.15) is 21.8 Å². The molecular weight excluding hydrogens is 504 g/mol. The average Bonchev–Trinajstić information content (AvgIpc) is 2.93. The van der Waals surface area contributed by atoms with Crippen LogP contribution in [-0.2, 0) is 6.54 Å². The van der Waals surface area contributed by atoms with Crippen LogP contribution in [0.1, 0.15) is 5.56 Å². The predicted octanol–water partition coefficient (Wildman–Crippen LogP) is 5.10. The van der Waals surface area contributed by atoms with E-state index in [1.54, 1.807) is 49.1 Å². The summed E-state index contributed by atoms with van der Waals surface area (Å²) in [4.78, 5) is 29.5. The Morgan fingerprint density at radius 1 is 0.947 bits per heavy atom. The normalized spacial score (nSPS) is 11.2. The molecule has 0 radical (unpaired) electrons. The molecule has 0 fully saturated rings. The maximum atomic E-state index is 14.0. The van der Waals surface area contributed by atoms with Crippen LogP contribution in [0, 0.1) is 0 Å². The van der Waals surface area contributed by atoms with E-state index in [4.69, 9.17) is 13.9 Å². The first-order valence-electron chi connectivity index (χ1n) is 11.8. The predicted molar refractivity (Wildman–Crippen MR) is 149 cm³/mol. The summed E-state index contributed by atoms with van der Waals surface area (Å²) in [6.07, 6.45) is 0. The Kier molecular flexibility index (Phi) is 6.77. The Labute approximate surface area is 222 Å². The molecule has 9 heteroatoms. The van der Waals surface area contributed by atoms with Crippen molar-refractivity contribution >= 4 is 39.3 Å². The molecule has 38 heavy (non-hydrogen) atoms. The standard InChI is InChI=1S/C29H26N2O6S/c1-30(2)18-10-13-22-23(14-18)31(16-17-8-11-19(35-3)12-9-17)28(33)24-25(32)27(29(34)37-26(22)24)38-21-7-5-6-20(15-21)36-4/h5-15,32H,16H2,1-4H3. The van der Waals surface area contributed by atoms with Gasteiger partial charge in [-0.25, -0.2) is 4.79 Å². The van der Waals surface area contributed by atoms with Gasteiger partial charge in [-0.15, -0.1) is 0 Å². The van der Waals surface area contributed by atoms with Gasteiger partial charge in [0.2, 0.25) is 0 Å². The third-order valence-corrected chi connectivity index (χ3v) is 7.37. The minimum atomic E-state index is -0.729. The van der Waals surface area contributed by atoms with Gasteiger partial charge in [0, 0.05) is 30.1 Å². The quantitative estimate of drug-likeness (QED) is 0.291. The Balaban J connectivity index is 1.76. The monoisotopic (exact) mass is 530 g/mol. The van der Waals surface area contributed by atoms with E-state index in [9.17, 15) is 14.7 Å². The van der Waals surface area contributed by atoms with Gasteiger partial charge < -0.3 is 28.5 Å². The van der Waals surface area contributed by atoms with Crippen LogP contribution in [0.4, 0.5) is 5.69 Å². The lowest BCUT2D eigenvalue weighted by Gasteiger charge is -2.18. The molecule has 0 saturated carbocycles. The number of anilines is 1. The van der Waals surface area contributed by atoms with E-state index in [2.05, 4.69) is 0 Å². The van der Waals surface area contributed by atoms with Crippen molar-refractivity contribution in [3.63, 3.8) is 0 Å². The number of rotatable bonds is 7. The maximum absolute atomic E-state index is 14.0. The van der Waals surface area contributed by atoms with Crippen LogP contribution in [0.2, 0.25) is 0 Å². The van der Waals surface area contributed by atoms with Gasteiger partial charge in [-0.2, -0.15) is 0 Å². The highest BCUT2D eigenvalue weighted by Gasteiger charge is 2.23. The number of fused-ring (bicyclic) bond motifs is 3. The van der Waals surface area contributed by atoms with Crippen LogP contribution in [-0.4, -0.2) is 38.0 Å². The number of nitrogens with zero attached hydrogens (tertiary/aromatic N) is 2. The summed E-state index contributed by atoms with van der Waals surface area (Å²) in [5, 5.41) is 11.8. The Morgan fingerprint density at radius 3 is 2.37 bits per heavy atom. The lowest BCUT2D eigenvalue weighted by Crippen LogP contribution is -2.23. The van der Waals surface area contributed by atoms with Crippen molar-refractivity contribution < 1.29 is 19.0 Å². The fraction of sp³-hybridized carbons (Fsp3) is 0.172. The minimum Gasteiger partial charge on any atom is -0.505 e. The van der Waals surface area contributed by atoms with Crippen molar-refractivity contribution in [3.05, 3.63) is 93.1 Å². The molecule has 0 amide bonds. The van der Waals surface area contributed by atoms with E-state index in [1.807, 2.05) is 55.4 Å². The van der Waals surface area contributed by atoms with Gasteiger partial charge in [-0.1, -0.05) is 30.0 Å². The molecule has 5 rings (SSSR count).